The highest BCUT2D eigenvalue weighted by molar-refractivity contribution is 5.95. The topological polar surface area (TPSA) is 85.9 Å². The Hall–Kier alpha value is -4.00. The Bertz CT molecular complexity index is 1080. The molecule has 0 saturated carbocycles. The number of aryl methyl sites for hydroxylation is 1. The van der Waals surface area contributed by atoms with Gasteiger partial charge in [0.25, 0.3) is 11.8 Å². The molecule has 3 aromatic rings. The quantitative estimate of drug-likeness (QED) is 0.344. The number of hydrogen-bond acceptors (Lipinski definition) is 5. The zero-order chi connectivity index (χ0) is 24.3. The van der Waals surface area contributed by atoms with Crippen LogP contribution in [0, 0.1) is 6.92 Å². The molecule has 0 aromatic heterocycles. The van der Waals surface area contributed by atoms with Gasteiger partial charge in [-0.15, -0.1) is 0 Å². The van der Waals surface area contributed by atoms with Crippen molar-refractivity contribution < 1.29 is 23.8 Å². The van der Waals surface area contributed by atoms with Crippen molar-refractivity contribution in [3.63, 3.8) is 0 Å². The van der Waals surface area contributed by atoms with Gasteiger partial charge in [0.1, 0.15) is 30.5 Å². The molecule has 34 heavy (non-hydrogen) atoms. The molecule has 0 aliphatic rings. The van der Waals surface area contributed by atoms with Crippen molar-refractivity contribution in [2.45, 2.75) is 26.7 Å². The summed E-state index contributed by atoms with van der Waals surface area (Å²) in [5.74, 6) is 1.44. The Labute approximate surface area is 200 Å². The lowest BCUT2D eigenvalue weighted by Gasteiger charge is -2.15. The van der Waals surface area contributed by atoms with Crippen molar-refractivity contribution in [3.8, 4) is 17.2 Å². The minimum Gasteiger partial charge on any atom is -0.490 e. The standard InChI is InChI=1S/C27H30N2O5/c1-19(2)24-14-9-20(3)17-25(24)34-18-26(30)28-29-27(31)21-10-12-23(13-11-21)33-16-15-32-22-7-5-4-6-8-22/h4-14,17,19H,15-16,18H2,1-3H3,(H,28,30)(H,29,31). The van der Waals surface area contributed by atoms with E-state index in [0.29, 0.717) is 30.3 Å². The van der Waals surface area contributed by atoms with Gasteiger partial charge in [0.05, 0.1) is 0 Å². The van der Waals surface area contributed by atoms with Crippen molar-refractivity contribution in [3.05, 3.63) is 89.5 Å². The first kappa shape index (κ1) is 24.6. The van der Waals surface area contributed by atoms with E-state index in [4.69, 9.17) is 14.2 Å². The maximum atomic E-state index is 12.3. The molecule has 3 rings (SSSR count). The molecule has 0 fully saturated rings. The zero-order valence-electron chi connectivity index (χ0n) is 19.7. The van der Waals surface area contributed by atoms with Crippen LogP contribution in [0.3, 0.4) is 0 Å². The lowest BCUT2D eigenvalue weighted by atomic mass is 10.0. The second kappa shape index (κ2) is 12.3. The lowest BCUT2D eigenvalue weighted by Crippen LogP contribution is -2.43. The number of nitrogens with one attached hydrogen (secondary N) is 2. The molecule has 0 saturated heterocycles. The van der Waals surface area contributed by atoms with Crippen LogP contribution >= 0.6 is 0 Å². The molecular weight excluding hydrogens is 432 g/mol. The van der Waals surface area contributed by atoms with Crippen molar-refractivity contribution in [2.24, 2.45) is 0 Å². The molecule has 0 spiro atoms. The summed E-state index contributed by atoms with van der Waals surface area (Å²) in [7, 11) is 0. The third-order valence-corrected chi connectivity index (χ3v) is 4.95. The molecule has 0 heterocycles. The summed E-state index contributed by atoms with van der Waals surface area (Å²) in [5, 5.41) is 0. The van der Waals surface area contributed by atoms with Crippen LogP contribution in [0.5, 0.6) is 17.2 Å². The summed E-state index contributed by atoms with van der Waals surface area (Å²) < 4.78 is 16.9. The monoisotopic (exact) mass is 462 g/mol. The summed E-state index contributed by atoms with van der Waals surface area (Å²) in [6.45, 7) is 6.66. The predicted octanol–water partition coefficient (Wildman–Crippen LogP) is 4.42. The maximum Gasteiger partial charge on any atom is 0.276 e. The molecule has 0 radical (unpaired) electrons. The van der Waals surface area contributed by atoms with Gasteiger partial charge in [-0.3, -0.25) is 20.4 Å². The van der Waals surface area contributed by atoms with E-state index >= 15 is 0 Å². The Morgan fingerprint density at radius 1 is 0.794 bits per heavy atom. The van der Waals surface area contributed by atoms with Crippen molar-refractivity contribution >= 4 is 11.8 Å². The van der Waals surface area contributed by atoms with Crippen LogP contribution in [0.2, 0.25) is 0 Å². The molecule has 178 valence electrons. The first-order valence-corrected chi connectivity index (χ1v) is 11.2. The van der Waals surface area contributed by atoms with Crippen LogP contribution < -0.4 is 25.1 Å². The van der Waals surface area contributed by atoms with Crippen molar-refractivity contribution in [1.82, 2.24) is 10.9 Å². The average molecular weight is 463 g/mol. The number of benzene rings is 3. The summed E-state index contributed by atoms with van der Waals surface area (Å²) >= 11 is 0. The molecular formula is C27H30N2O5. The first-order valence-electron chi connectivity index (χ1n) is 11.2. The fraction of sp³-hybridized carbons (Fsp3) is 0.259. The Morgan fingerprint density at radius 2 is 1.44 bits per heavy atom. The zero-order valence-corrected chi connectivity index (χ0v) is 19.7. The van der Waals surface area contributed by atoms with E-state index in [0.717, 1.165) is 16.9 Å². The van der Waals surface area contributed by atoms with E-state index in [1.54, 1.807) is 24.3 Å². The molecule has 2 N–H and O–H groups in total. The number of hydrazine groups is 1. The lowest BCUT2D eigenvalue weighted by molar-refractivity contribution is -0.123. The van der Waals surface area contributed by atoms with E-state index in [1.165, 1.54) is 0 Å². The van der Waals surface area contributed by atoms with E-state index in [2.05, 4.69) is 24.7 Å². The Balaban J connectivity index is 1.40. The van der Waals surface area contributed by atoms with Gasteiger partial charge in [0, 0.05) is 5.56 Å². The number of amides is 2. The number of carbonyl (C=O) groups is 2. The van der Waals surface area contributed by atoms with Crippen LogP contribution in [0.15, 0.2) is 72.8 Å². The Kier molecular flexibility index (Phi) is 8.91. The second-order valence-electron chi connectivity index (χ2n) is 8.02. The van der Waals surface area contributed by atoms with Gasteiger partial charge in [0.15, 0.2) is 6.61 Å². The van der Waals surface area contributed by atoms with Gasteiger partial charge in [-0.2, -0.15) is 0 Å². The molecule has 7 nitrogen and oxygen atoms in total. The minimum absolute atomic E-state index is 0.207. The van der Waals surface area contributed by atoms with Gasteiger partial charge in [-0.05, 0) is 66.4 Å². The molecule has 3 aromatic carbocycles. The van der Waals surface area contributed by atoms with E-state index < -0.39 is 11.8 Å². The fourth-order valence-corrected chi connectivity index (χ4v) is 3.16. The molecule has 0 unspecified atom stereocenters. The molecule has 0 aliphatic carbocycles. The van der Waals surface area contributed by atoms with Crippen molar-refractivity contribution in [1.29, 1.82) is 0 Å². The van der Waals surface area contributed by atoms with Crippen LogP contribution in [0.4, 0.5) is 0 Å². The number of hydrogen-bond donors (Lipinski definition) is 2. The van der Waals surface area contributed by atoms with E-state index in [9.17, 15) is 9.59 Å². The number of carbonyl (C=O) groups excluding carboxylic acids is 2. The van der Waals surface area contributed by atoms with E-state index in [-0.39, 0.29) is 12.5 Å². The van der Waals surface area contributed by atoms with E-state index in [1.807, 2.05) is 55.5 Å². The highest BCUT2D eigenvalue weighted by Crippen LogP contribution is 2.27. The maximum absolute atomic E-state index is 12.3. The van der Waals surface area contributed by atoms with Gasteiger partial charge < -0.3 is 14.2 Å². The Morgan fingerprint density at radius 3 is 2.09 bits per heavy atom. The largest absolute Gasteiger partial charge is 0.490 e. The van der Waals surface area contributed by atoms with Crippen LogP contribution in [-0.4, -0.2) is 31.6 Å². The van der Waals surface area contributed by atoms with Gasteiger partial charge in [0.2, 0.25) is 0 Å². The minimum atomic E-state index is -0.456. The summed E-state index contributed by atoms with van der Waals surface area (Å²) in [4.78, 5) is 24.5. The second-order valence-corrected chi connectivity index (χ2v) is 8.02. The first-order chi connectivity index (χ1) is 16.4. The number of para-hydroxylation sites is 1. The van der Waals surface area contributed by atoms with Gasteiger partial charge in [-0.1, -0.05) is 44.2 Å². The SMILES string of the molecule is Cc1ccc(C(C)C)c(OCC(=O)NNC(=O)c2ccc(OCCOc3ccccc3)cc2)c1. The highest BCUT2D eigenvalue weighted by atomic mass is 16.5. The number of ether oxygens (including phenoxy) is 3. The molecule has 0 atom stereocenters. The molecule has 2 amide bonds. The van der Waals surface area contributed by atoms with Gasteiger partial charge >= 0.3 is 0 Å². The smallest absolute Gasteiger partial charge is 0.276 e. The molecule has 0 aliphatic heterocycles. The molecule has 7 heteroatoms. The van der Waals surface area contributed by atoms with Gasteiger partial charge in [-0.25, -0.2) is 0 Å². The van der Waals surface area contributed by atoms with Crippen molar-refractivity contribution in [2.75, 3.05) is 19.8 Å². The highest BCUT2D eigenvalue weighted by Gasteiger charge is 2.12. The van der Waals surface area contributed by atoms with Crippen LogP contribution in [0.1, 0.15) is 41.3 Å². The predicted molar refractivity (Wildman–Crippen MR) is 130 cm³/mol. The number of rotatable bonds is 10. The summed E-state index contributed by atoms with van der Waals surface area (Å²) in [6, 6.07) is 22.0. The average Bonchev–Trinajstić information content (AvgIpc) is 2.84. The summed E-state index contributed by atoms with van der Waals surface area (Å²) in [5.41, 5.74) is 7.22. The fourth-order valence-electron chi connectivity index (χ4n) is 3.16. The van der Waals surface area contributed by atoms with Crippen LogP contribution in [0.25, 0.3) is 0 Å². The summed E-state index contributed by atoms with van der Waals surface area (Å²) in [6.07, 6.45) is 0. The molecule has 0 bridgehead atoms. The van der Waals surface area contributed by atoms with Crippen LogP contribution in [-0.2, 0) is 4.79 Å². The third-order valence-electron chi connectivity index (χ3n) is 4.95. The normalized spacial score (nSPS) is 10.5. The third kappa shape index (κ3) is 7.55.